The number of nitrogens with zero attached hydrogens (tertiary/aromatic N) is 4. The fraction of sp³-hybridized carbons (Fsp3) is 0.500. The quantitative estimate of drug-likeness (QED) is 0.434. The van der Waals surface area contributed by atoms with Crippen LogP contribution in [0.15, 0.2) is 35.6 Å². The molecule has 0 amide bonds. The number of hydrogen-bond donors (Lipinski definition) is 2. The molecule has 0 radical (unpaired) electrons. The van der Waals surface area contributed by atoms with Crippen LogP contribution in [-0.4, -0.2) is 48.2 Å². The van der Waals surface area contributed by atoms with E-state index in [1.54, 1.807) is 11.9 Å². The smallest absolute Gasteiger partial charge is 0.191 e. The molecule has 1 aliphatic heterocycles. The third-order valence-corrected chi connectivity index (χ3v) is 5.05. The highest BCUT2D eigenvalue weighted by Gasteiger charge is 2.27. The number of anilines is 1. The molecule has 1 unspecified atom stereocenters. The van der Waals surface area contributed by atoms with Crippen LogP contribution in [0.3, 0.4) is 0 Å². The lowest BCUT2D eigenvalue weighted by Gasteiger charge is -2.21. The fourth-order valence-corrected chi connectivity index (χ4v) is 3.51. The van der Waals surface area contributed by atoms with Crippen LogP contribution in [0.4, 0.5) is 14.5 Å². The molecule has 2 N–H and O–H groups in total. The van der Waals surface area contributed by atoms with Crippen LogP contribution in [0.1, 0.15) is 25.1 Å². The van der Waals surface area contributed by atoms with Crippen molar-refractivity contribution in [3.63, 3.8) is 0 Å². The van der Waals surface area contributed by atoms with Crippen molar-refractivity contribution in [3.8, 4) is 0 Å². The maximum atomic E-state index is 14.0. The molecule has 1 atom stereocenters. The minimum Gasteiger partial charge on any atom is -0.365 e. The number of aliphatic imine (C=N–C) groups is 1. The number of benzene rings is 1. The summed E-state index contributed by atoms with van der Waals surface area (Å²) < 4.78 is 30.1. The van der Waals surface area contributed by atoms with Crippen LogP contribution in [0.5, 0.6) is 0 Å². The molecule has 1 aliphatic rings. The van der Waals surface area contributed by atoms with Gasteiger partial charge in [0.25, 0.3) is 0 Å². The second-order valence-electron chi connectivity index (χ2n) is 7.02. The van der Waals surface area contributed by atoms with Crippen LogP contribution in [0.2, 0.25) is 0 Å². The van der Waals surface area contributed by atoms with Crippen LogP contribution >= 0.6 is 0 Å². The van der Waals surface area contributed by atoms with Crippen molar-refractivity contribution in [2.24, 2.45) is 4.99 Å². The van der Waals surface area contributed by atoms with Crippen molar-refractivity contribution in [3.05, 3.63) is 48.1 Å². The molecule has 8 heteroatoms. The normalized spacial score (nSPS) is 17.2. The number of unbranched alkanes of at least 4 members (excludes halogenated alkanes) is 1. The second-order valence-corrected chi connectivity index (χ2v) is 7.02. The first-order valence-corrected chi connectivity index (χ1v) is 9.72. The van der Waals surface area contributed by atoms with Crippen LogP contribution in [0, 0.1) is 18.6 Å². The van der Waals surface area contributed by atoms with Crippen molar-refractivity contribution >= 4 is 11.6 Å². The molecule has 0 spiro atoms. The monoisotopic (exact) mass is 390 g/mol. The summed E-state index contributed by atoms with van der Waals surface area (Å²) in [4.78, 5) is 10.2. The molecule has 6 nitrogen and oxygen atoms in total. The van der Waals surface area contributed by atoms with Gasteiger partial charge >= 0.3 is 0 Å². The molecule has 2 heterocycles. The van der Waals surface area contributed by atoms with Crippen LogP contribution < -0.4 is 15.5 Å². The molecule has 28 heavy (non-hydrogen) atoms. The molecule has 1 aromatic carbocycles. The Morgan fingerprint density at radius 1 is 1.29 bits per heavy atom. The van der Waals surface area contributed by atoms with Gasteiger partial charge in [0.1, 0.15) is 23.1 Å². The minimum atomic E-state index is -0.517. The van der Waals surface area contributed by atoms with Gasteiger partial charge < -0.3 is 20.1 Å². The second kappa shape index (κ2) is 9.52. The fourth-order valence-electron chi connectivity index (χ4n) is 3.51. The van der Waals surface area contributed by atoms with Gasteiger partial charge in [0, 0.05) is 51.7 Å². The predicted molar refractivity (Wildman–Crippen MR) is 108 cm³/mol. The first-order valence-electron chi connectivity index (χ1n) is 9.72. The maximum absolute atomic E-state index is 14.0. The molecule has 0 saturated carbocycles. The third-order valence-electron chi connectivity index (χ3n) is 5.05. The van der Waals surface area contributed by atoms with Gasteiger partial charge in [-0.05, 0) is 38.3 Å². The highest BCUT2D eigenvalue weighted by atomic mass is 19.1. The zero-order valence-corrected chi connectivity index (χ0v) is 16.5. The Morgan fingerprint density at radius 3 is 2.75 bits per heavy atom. The summed E-state index contributed by atoms with van der Waals surface area (Å²) in [6.45, 7) is 4.91. The highest BCUT2D eigenvalue weighted by molar-refractivity contribution is 5.80. The van der Waals surface area contributed by atoms with Crippen molar-refractivity contribution in [1.82, 2.24) is 20.2 Å². The van der Waals surface area contributed by atoms with Crippen LogP contribution in [0.25, 0.3) is 0 Å². The predicted octanol–water partition coefficient (Wildman–Crippen LogP) is 2.69. The Balaban J connectivity index is 1.41. The lowest BCUT2D eigenvalue weighted by molar-refractivity contribution is 0.574. The standard InChI is InChI=1S/C20H28F2N6/c1-15-24-10-13-27(15)11-4-3-9-25-20(23-2)26-16-8-12-28(14-16)19-17(21)6-5-7-18(19)22/h5-7,10,13,16H,3-4,8-9,11-12,14H2,1-2H3,(H2,23,25,26). The molecule has 2 aromatic rings. The van der Waals surface area contributed by atoms with Gasteiger partial charge in [0.15, 0.2) is 5.96 Å². The van der Waals surface area contributed by atoms with E-state index in [0.717, 1.165) is 44.1 Å². The van der Waals surface area contributed by atoms with Gasteiger partial charge in [-0.1, -0.05) is 6.07 Å². The van der Waals surface area contributed by atoms with E-state index in [1.807, 2.05) is 19.3 Å². The molecule has 1 saturated heterocycles. The van der Waals surface area contributed by atoms with Crippen molar-refractivity contribution in [2.75, 3.05) is 31.6 Å². The molecule has 3 rings (SSSR count). The number of imidazole rings is 1. The number of guanidine groups is 1. The van der Waals surface area contributed by atoms with E-state index >= 15 is 0 Å². The van der Waals surface area contributed by atoms with Gasteiger partial charge in [-0.2, -0.15) is 0 Å². The van der Waals surface area contributed by atoms with E-state index in [1.165, 1.54) is 18.2 Å². The molecule has 0 aliphatic carbocycles. The van der Waals surface area contributed by atoms with Crippen LogP contribution in [-0.2, 0) is 6.54 Å². The van der Waals surface area contributed by atoms with E-state index in [9.17, 15) is 8.78 Å². The van der Waals surface area contributed by atoms with E-state index < -0.39 is 11.6 Å². The Morgan fingerprint density at radius 2 is 2.07 bits per heavy atom. The van der Waals surface area contributed by atoms with Crippen molar-refractivity contribution < 1.29 is 8.78 Å². The number of aryl methyl sites for hydroxylation is 2. The average Bonchev–Trinajstić information content (AvgIpc) is 3.29. The Bertz CT molecular complexity index is 783. The Labute approximate surface area is 164 Å². The van der Waals surface area contributed by atoms with Gasteiger partial charge in [-0.15, -0.1) is 0 Å². The zero-order valence-electron chi connectivity index (χ0n) is 16.5. The lowest BCUT2D eigenvalue weighted by atomic mass is 10.2. The summed E-state index contributed by atoms with van der Waals surface area (Å²) in [6.07, 6.45) is 6.67. The maximum Gasteiger partial charge on any atom is 0.191 e. The van der Waals surface area contributed by atoms with Gasteiger partial charge in [-0.25, -0.2) is 13.8 Å². The summed E-state index contributed by atoms with van der Waals surface area (Å²) in [7, 11) is 1.73. The van der Waals surface area contributed by atoms with Crippen molar-refractivity contribution in [1.29, 1.82) is 0 Å². The lowest BCUT2D eigenvalue weighted by Crippen LogP contribution is -2.45. The van der Waals surface area contributed by atoms with Crippen molar-refractivity contribution in [2.45, 2.75) is 38.8 Å². The Hall–Kier alpha value is -2.64. The molecule has 1 aromatic heterocycles. The molecular weight excluding hydrogens is 362 g/mol. The third kappa shape index (κ3) is 4.99. The summed E-state index contributed by atoms with van der Waals surface area (Å²) in [5.41, 5.74) is 0.0598. The number of aromatic nitrogens is 2. The van der Waals surface area contributed by atoms with Gasteiger partial charge in [0.05, 0.1) is 0 Å². The summed E-state index contributed by atoms with van der Waals surface area (Å²) >= 11 is 0. The number of halogens is 2. The molecule has 0 bridgehead atoms. The van der Waals surface area contributed by atoms with Gasteiger partial charge in [0.2, 0.25) is 0 Å². The molecule has 152 valence electrons. The average molecular weight is 390 g/mol. The van der Waals surface area contributed by atoms with E-state index in [2.05, 4.69) is 25.2 Å². The van der Waals surface area contributed by atoms with Gasteiger partial charge in [-0.3, -0.25) is 4.99 Å². The Kier molecular flexibility index (Phi) is 6.84. The minimum absolute atomic E-state index is 0.0598. The largest absolute Gasteiger partial charge is 0.365 e. The number of nitrogens with one attached hydrogen (secondary N) is 2. The highest BCUT2D eigenvalue weighted by Crippen LogP contribution is 2.26. The first-order chi connectivity index (χ1) is 13.6. The summed E-state index contributed by atoms with van der Waals surface area (Å²) in [5, 5.41) is 6.67. The number of para-hydroxylation sites is 1. The SMILES string of the molecule is CN=C(NCCCCn1ccnc1C)NC1CCN(c2c(F)cccc2F)C1. The van der Waals surface area contributed by atoms with E-state index in [-0.39, 0.29) is 11.7 Å². The van der Waals surface area contributed by atoms with E-state index in [0.29, 0.717) is 13.1 Å². The summed E-state index contributed by atoms with van der Waals surface area (Å²) in [5.74, 6) is 0.717. The summed E-state index contributed by atoms with van der Waals surface area (Å²) in [6, 6.07) is 4.08. The molecular formula is C20H28F2N6. The number of rotatable bonds is 7. The molecule has 1 fully saturated rings. The zero-order chi connectivity index (χ0) is 19.9. The first kappa shape index (κ1) is 20.1. The van der Waals surface area contributed by atoms with E-state index in [4.69, 9.17) is 0 Å². The number of hydrogen-bond acceptors (Lipinski definition) is 3. The topological polar surface area (TPSA) is 57.5 Å².